The van der Waals surface area contributed by atoms with Gasteiger partial charge in [0.05, 0.1) is 16.2 Å². The number of hydrogen-bond acceptors (Lipinski definition) is 6. The van der Waals surface area contributed by atoms with E-state index < -0.39 is 0 Å². The van der Waals surface area contributed by atoms with E-state index in [1.165, 1.54) is 11.8 Å². The van der Waals surface area contributed by atoms with E-state index in [2.05, 4.69) is 20.6 Å². The zero-order chi connectivity index (χ0) is 15.5. The van der Waals surface area contributed by atoms with Crippen LogP contribution in [0.3, 0.4) is 0 Å². The summed E-state index contributed by atoms with van der Waals surface area (Å²) in [4.78, 5) is 9.50. The van der Waals surface area contributed by atoms with Gasteiger partial charge in [-0.3, -0.25) is 0 Å². The van der Waals surface area contributed by atoms with E-state index in [0.717, 1.165) is 24.5 Å². The van der Waals surface area contributed by atoms with Crippen molar-refractivity contribution >= 4 is 46.6 Å². The van der Waals surface area contributed by atoms with Gasteiger partial charge in [-0.05, 0) is 12.1 Å². The van der Waals surface area contributed by atoms with Crippen molar-refractivity contribution in [3.05, 3.63) is 34.4 Å². The fraction of sp³-hybridized carbons (Fsp3) is 0.286. The van der Waals surface area contributed by atoms with Crippen LogP contribution in [0.25, 0.3) is 0 Å². The summed E-state index contributed by atoms with van der Waals surface area (Å²) in [6.45, 7) is 2.95. The smallest absolute Gasteiger partial charge is 0.158 e. The minimum absolute atomic E-state index is 0.373. The van der Waals surface area contributed by atoms with Crippen LogP contribution in [-0.2, 0) is 0 Å². The first-order chi connectivity index (χ1) is 10.6. The van der Waals surface area contributed by atoms with Crippen molar-refractivity contribution in [3.8, 4) is 0 Å². The van der Waals surface area contributed by atoms with Crippen LogP contribution in [0.15, 0.2) is 34.3 Å². The first-order valence-electron chi connectivity index (χ1n) is 6.82. The van der Waals surface area contributed by atoms with Gasteiger partial charge in [0.2, 0.25) is 0 Å². The van der Waals surface area contributed by atoms with Gasteiger partial charge < -0.3 is 16.4 Å². The molecule has 5 nitrogen and oxygen atoms in total. The monoisotopic (exact) mass is 355 g/mol. The lowest BCUT2D eigenvalue weighted by Crippen LogP contribution is -2.45. The number of nitrogens with one attached hydrogen (secondary N) is 2. The summed E-state index contributed by atoms with van der Waals surface area (Å²) in [5.41, 5.74) is 5.99. The summed E-state index contributed by atoms with van der Waals surface area (Å²) in [7, 11) is 0. The number of benzene rings is 1. The van der Waals surface area contributed by atoms with E-state index in [-0.39, 0.29) is 0 Å². The molecule has 0 bridgehead atoms. The third-order valence-corrected chi connectivity index (χ3v) is 5.32. The molecule has 0 spiro atoms. The molecule has 0 amide bonds. The minimum Gasteiger partial charge on any atom is -0.381 e. The van der Waals surface area contributed by atoms with Crippen LogP contribution in [-0.4, -0.2) is 29.6 Å². The van der Waals surface area contributed by atoms with Gasteiger partial charge in [-0.2, -0.15) is 0 Å². The van der Waals surface area contributed by atoms with Crippen LogP contribution in [0, 0.1) is 5.92 Å². The molecule has 1 fully saturated rings. The molecule has 3 rings (SSSR count). The van der Waals surface area contributed by atoms with Crippen LogP contribution >= 0.6 is 35.0 Å². The maximum Gasteiger partial charge on any atom is 0.158 e. The summed E-state index contributed by atoms with van der Waals surface area (Å²) in [5, 5.41) is 8.09. The van der Waals surface area contributed by atoms with Gasteiger partial charge in [0, 0.05) is 30.4 Å². The summed E-state index contributed by atoms with van der Waals surface area (Å²) in [6.07, 6.45) is 1.68. The Morgan fingerprint density at radius 1 is 1.36 bits per heavy atom. The summed E-state index contributed by atoms with van der Waals surface area (Å²) < 4.78 is 0. The van der Waals surface area contributed by atoms with Crippen LogP contribution in [0.2, 0.25) is 10.0 Å². The zero-order valence-corrected chi connectivity index (χ0v) is 14.0. The van der Waals surface area contributed by atoms with Crippen LogP contribution in [0.4, 0.5) is 11.6 Å². The van der Waals surface area contributed by atoms with Gasteiger partial charge in [0.25, 0.3) is 0 Å². The molecular weight excluding hydrogens is 341 g/mol. The number of halogens is 2. The Labute approximate surface area is 143 Å². The molecule has 1 aliphatic rings. The molecule has 1 aliphatic heterocycles. The molecule has 116 valence electrons. The maximum absolute atomic E-state index is 6.17. The Morgan fingerprint density at radius 2 is 2.18 bits per heavy atom. The largest absolute Gasteiger partial charge is 0.381 e. The lowest BCUT2D eigenvalue weighted by molar-refractivity contribution is 0.365. The zero-order valence-electron chi connectivity index (χ0n) is 11.6. The number of rotatable bonds is 5. The molecule has 0 aliphatic carbocycles. The highest BCUT2D eigenvalue weighted by atomic mass is 35.5. The number of nitrogens with zero attached hydrogens (tertiary/aromatic N) is 2. The summed E-state index contributed by atoms with van der Waals surface area (Å²) >= 11 is 13.5. The Balaban J connectivity index is 1.70. The highest BCUT2D eigenvalue weighted by molar-refractivity contribution is 7.99. The normalized spacial score (nSPS) is 14.6. The topological polar surface area (TPSA) is 75.9 Å². The third kappa shape index (κ3) is 3.57. The molecule has 1 aromatic carbocycles. The van der Waals surface area contributed by atoms with Gasteiger partial charge in [0.15, 0.2) is 5.82 Å². The molecule has 0 atom stereocenters. The Bertz CT molecular complexity index is 678. The van der Waals surface area contributed by atoms with Crippen LogP contribution in [0.5, 0.6) is 0 Å². The second kappa shape index (κ2) is 6.91. The van der Waals surface area contributed by atoms with Gasteiger partial charge in [-0.1, -0.05) is 41.0 Å². The molecule has 1 saturated heterocycles. The molecule has 2 heterocycles. The number of anilines is 2. The molecular formula is C14H15Cl2N5S. The number of aromatic nitrogens is 2. The molecule has 22 heavy (non-hydrogen) atoms. The first kappa shape index (κ1) is 15.7. The predicted molar refractivity (Wildman–Crippen MR) is 91.9 cm³/mol. The molecule has 0 saturated carbocycles. The number of nitrogen functional groups attached to an aromatic ring is 1. The van der Waals surface area contributed by atoms with E-state index in [0.29, 0.717) is 32.6 Å². The molecule has 4 N–H and O–H groups in total. The van der Waals surface area contributed by atoms with Gasteiger partial charge >= 0.3 is 0 Å². The second-order valence-electron chi connectivity index (χ2n) is 5.00. The molecule has 8 heteroatoms. The van der Waals surface area contributed by atoms with Crippen LogP contribution < -0.4 is 16.4 Å². The molecule has 0 radical (unpaired) electrons. The van der Waals surface area contributed by atoms with Crippen molar-refractivity contribution in [2.45, 2.75) is 9.92 Å². The van der Waals surface area contributed by atoms with Crippen LogP contribution in [0.1, 0.15) is 0 Å². The van der Waals surface area contributed by atoms with Crippen molar-refractivity contribution < 1.29 is 0 Å². The van der Waals surface area contributed by atoms with Crippen molar-refractivity contribution in [1.29, 1.82) is 0 Å². The molecule has 2 aromatic rings. The first-order valence-corrected chi connectivity index (χ1v) is 8.39. The van der Waals surface area contributed by atoms with Gasteiger partial charge in [0.1, 0.15) is 10.8 Å². The second-order valence-corrected chi connectivity index (χ2v) is 6.82. The number of hydrogen-bond donors (Lipinski definition) is 3. The summed E-state index contributed by atoms with van der Waals surface area (Å²) in [5.74, 6) is 1.70. The summed E-state index contributed by atoms with van der Waals surface area (Å²) in [6, 6.07) is 5.45. The fourth-order valence-corrected chi connectivity index (χ4v) is 3.25. The average molecular weight is 356 g/mol. The molecule has 1 aromatic heterocycles. The quantitative estimate of drug-likeness (QED) is 0.764. The highest BCUT2D eigenvalue weighted by Gasteiger charge is 2.16. The Morgan fingerprint density at radius 3 is 2.86 bits per heavy atom. The van der Waals surface area contributed by atoms with Crippen molar-refractivity contribution in [2.24, 2.45) is 5.92 Å². The lowest BCUT2D eigenvalue weighted by atomic mass is 10.0. The van der Waals surface area contributed by atoms with Gasteiger partial charge in [-0.15, -0.1) is 0 Å². The lowest BCUT2D eigenvalue weighted by Gasteiger charge is -2.27. The molecule has 0 unspecified atom stereocenters. The van der Waals surface area contributed by atoms with Crippen molar-refractivity contribution in [1.82, 2.24) is 15.3 Å². The maximum atomic E-state index is 6.17. The van der Waals surface area contributed by atoms with E-state index >= 15 is 0 Å². The van der Waals surface area contributed by atoms with Gasteiger partial charge in [-0.25, -0.2) is 9.97 Å². The fourth-order valence-electron chi connectivity index (χ4n) is 1.96. The Kier molecular flexibility index (Phi) is 4.93. The average Bonchev–Trinajstić information content (AvgIpc) is 2.45. The highest BCUT2D eigenvalue weighted by Crippen LogP contribution is 2.37. The van der Waals surface area contributed by atoms with E-state index in [1.54, 1.807) is 12.3 Å². The predicted octanol–water partition coefficient (Wildman–Crippen LogP) is 3.15. The van der Waals surface area contributed by atoms with Crippen molar-refractivity contribution in [2.75, 3.05) is 30.7 Å². The minimum atomic E-state index is 0.373. The van der Waals surface area contributed by atoms with E-state index in [4.69, 9.17) is 28.9 Å². The SMILES string of the molecule is Nc1nc(NCC2CNC2)cnc1Sc1cccc(Cl)c1Cl. The van der Waals surface area contributed by atoms with E-state index in [9.17, 15) is 0 Å². The number of nitrogens with two attached hydrogens (primary N) is 1. The third-order valence-electron chi connectivity index (χ3n) is 3.32. The van der Waals surface area contributed by atoms with Crippen molar-refractivity contribution in [3.63, 3.8) is 0 Å². The standard InChI is InChI=1S/C14H15Cl2N5S/c15-9-2-1-3-10(12(9)16)22-14-13(17)21-11(7-20-14)19-6-8-4-18-5-8/h1-3,7-8,18H,4-6H2,(H3,17,19,21). The Hall–Kier alpha value is -1.21. The van der Waals surface area contributed by atoms with E-state index in [1.807, 2.05) is 12.1 Å².